The molecule has 2 amide bonds. The Morgan fingerprint density at radius 2 is 1.38 bits per heavy atom. The lowest BCUT2D eigenvalue weighted by Crippen LogP contribution is -2.51. The molecule has 24 heavy (non-hydrogen) atoms. The summed E-state index contributed by atoms with van der Waals surface area (Å²) in [6.45, 7) is 3.33. The summed E-state index contributed by atoms with van der Waals surface area (Å²) in [5.74, 6) is -3.94. The van der Waals surface area contributed by atoms with Crippen LogP contribution in [0.25, 0.3) is 0 Å². The maximum Gasteiger partial charge on any atom is 0.451 e. The van der Waals surface area contributed by atoms with Crippen LogP contribution in [0.3, 0.4) is 0 Å². The zero-order valence-electron chi connectivity index (χ0n) is 13.7. The number of amides is 2. The fraction of sp³-hybridized carbons (Fsp3) is 0.733. The zero-order chi connectivity index (χ0) is 17.6. The first-order valence-corrected chi connectivity index (χ1v) is 8.06. The van der Waals surface area contributed by atoms with Crippen LogP contribution in [0.5, 0.6) is 0 Å². The third kappa shape index (κ3) is 3.88. The van der Waals surface area contributed by atoms with Crippen LogP contribution in [-0.2, 0) is 19.0 Å². The van der Waals surface area contributed by atoms with Gasteiger partial charge in [0, 0.05) is 26.2 Å². The topological polar surface area (TPSA) is 109 Å². The van der Waals surface area contributed by atoms with E-state index < -0.39 is 23.9 Å². The van der Waals surface area contributed by atoms with Gasteiger partial charge in [0.1, 0.15) is 0 Å². The molecular formula is C15H21N3O6. The Bertz CT molecular complexity index is 502. The maximum atomic E-state index is 12.2. The van der Waals surface area contributed by atoms with Gasteiger partial charge in [-0.15, -0.1) is 0 Å². The van der Waals surface area contributed by atoms with Crippen LogP contribution in [-0.4, -0.2) is 66.5 Å². The smallest absolute Gasteiger partial charge is 0.451 e. The number of carbonyl (C=O) groups is 3. The minimum absolute atomic E-state index is 0.0508. The van der Waals surface area contributed by atoms with Gasteiger partial charge in [-0.2, -0.15) is 5.26 Å². The van der Waals surface area contributed by atoms with Gasteiger partial charge in [0.2, 0.25) is 0 Å². The van der Waals surface area contributed by atoms with Crippen molar-refractivity contribution in [2.24, 2.45) is 0 Å². The summed E-state index contributed by atoms with van der Waals surface area (Å²) in [6, 6.07) is 1.49. The third-order valence-corrected chi connectivity index (χ3v) is 3.88. The van der Waals surface area contributed by atoms with Crippen LogP contribution in [0, 0.1) is 11.3 Å². The van der Waals surface area contributed by atoms with Crippen molar-refractivity contribution in [3.63, 3.8) is 0 Å². The number of nitriles is 1. The number of esters is 1. The fourth-order valence-corrected chi connectivity index (χ4v) is 2.60. The van der Waals surface area contributed by atoms with Gasteiger partial charge in [0.25, 0.3) is 0 Å². The molecule has 0 aliphatic carbocycles. The van der Waals surface area contributed by atoms with Crippen LogP contribution in [0.2, 0.25) is 0 Å². The van der Waals surface area contributed by atoms with Gasteiger partial charge in [0.05, 0.1) is 6.61 Å². The molecule has 0 bridgehead atoms. The molecule has 0 atom stereocenters. The number of carbonyl (C=O) groups excluding carboxylic acids is 3. The highest BCUT2D eigenvalue weighted by molar-refractivity contribution is 5.87. The summed E-state index contributed by atoms with van der Waals surface area (Å²) in [7, 11) is 0. The summed E-state index contributed by atoms with van der Waals surface area (Å²) in [4.78, 5) is 39.2. The lowest BCUT2D eigenvalue weighted by Gasteiger charge is -2.27. The average molecular weight is 339 g/mol. The number of hydrogen-bond donors (Lipinski definition) is 0. The molecule has 0 N–H and O–H groups in total. The summed E-state index contributed by atoms with van der Waals surface area (Å²) in [5.41, 5.74) is 0. The van der Waals surface area contributed by atoms with Crippen molar-refractivity contribution in [1.29, 1.82) is 5.26 Å². The number of rotatable bonds is 4. The molecular weight excluding hydrogens is 318 g/mol. The van der Waals surface area contributed by atoms with Gasteiger partial charge in [-0.05, 0) is 32.6 Å². The van der Waals surface area contributed by atoms with E-state index in [4.69, 9.17) is 14.2 Å². The van der Waals surface area contributed by atoms with E-state index in [1.54, 1.807) is 0 Å². The third-order valence-electron chi connectivity index (χ3n) is 3.88. The van der Waals surface area contributed by atoms with E-state index in [1.807, 2.05) is 0 Å². The number of hydrogen-bond acceptors (Lipinski definition) is 7. The van der Waals surface area contributed by atoms with Crippen LogP contribution in [0.1, 0.15) is 32.6 Å². The Labute approximate surface area is 140 Å². The molecule has 132 valence electrons. The number of likely N-dealkylation sites (tertiary alicyclic amines) is 2. The van der Waals surface area contributed by atoms with Crippen molar-refractivity contribution in [2.45, 2.75) is 38.4 Å². The molecule has 0 unspecified atom stereocenters. The number of nitrogens with zero attached hydrogens (tertiary/aromatic N) is 3. The molecule has 0 aromatic heterocycles. The maximum absolute atomic E-state index is 12.2. The molecule has 2 aliphatic rings. The molecule has 2 heterocycles. The van der Waals surface area contributed by atoms with Gasteiger partial charge in [-0.1, -0.05) is 0 Å². The van der Waals surface area contributed by atoms with Gasteiger partial charge in [0.15, 0.2) is 6.07 Å². The minimum Gasteiger partial charge on any atom is -0.459 e. The van der Waals surface area contributed by atoms with Gasteiger partial charge < -0.3 is 24.0 Å². The van der Waals surface area contributed by atoms with Gasteiger partial charge in [-0.3, -0.25) is 0 Å². The van der Waals surface area contributed by atoms with E-state index >= 15 is 0 Å². The van der Waals surface area contributed by atoms with E-state index in [-0.39, 0.29) is 6.61 Å². The molecule has 9 heteroatoms. The van der Waals surface area contributed by atoms with Crippen molar-refractivity contribution in [3.8, 4) is 6.07 Å². The van der Waals surface area contributed by atoms with Crippen LogP contribution < -0.4 is 0 Å². The molecule has 0 saturated carbocycles. The molecule has 2 fully saturated rings. The van der Waals surface area contributed by atoms with Crippen molar-refractivity contribution in [1.82, 2.24) is 9.80 Å². The second kappa shape index (κ2) is 7.86. The number of ether oxygens (including phenoxy) is 3. The van der Waals surface area contributed by atoms with E-state index in [0.29, 0.717) is 26.2 Å². The highest BCUT2D eigenvalue weighted by atomic mass is 16.8. The first-order chi connectivity index (χ1) is 11.5. The normalized spacial score (nSPS) is 17.3. The Hall–Kier alpha value is -2.50. The SMILES string of the molecule is CCOC(=O)C(C#N)(OC(=O)N1CCCC1)OC(=O)N1CCCC1. The largest absolute Gasteiger partial charge is 0.459 e. The van der Waals surface area contributed by atoms with Crippen LogP contribution >= 0.6 is 0 Å². The lowest BCUT2D eigenvalue weighted by atomic mass is 10.3. The highest BCUT2D eigenvalue weighted by Gasteiger charge is 2.51. The predicted molar refractivity (Wildman–Crippen MR) is 79.6 cm³/mol. The summed E-state index contributed by atoms with van der Waals surface area (Å²) in [5, 5.41) is 9.41. The quantitative estimate of drug-likeness (QED) is 0.560. The molecule has 0 aromatic carbocycles. The molecule has 2 aliphatic heterocycles. The molecule has 0 spiro atoms. The second-order valence-electron chi connectivity index (χ2n) is 5.57. The Balaban J connectivity index is 2.15. The second-order valence-corrected chi connectivity index (χ2v) is 5.57. The average Bonchev–Trinajstić information content (AvgIpc) is 3.27. The van der Waals surface area contributed by atoms with E-state index in [9.17, 15) is 19.6 Å². The van der Waals surface area contributed by atoms with Crippen LogP contribution in [0.4, 0.5) is 9.59 Å². The van der Waals surface area contributed by atoms with Gasteiger partial charge in [-0.25, -0.2) is 14.4 Å². The van der Waals surface area contributed by atoms with Gasteiger partial charge >= 0.3 is 23.9 Å². The van der Waals surface area contributed by atoms with E-state index in [2.05, 4.69) is 0 Å². The highest BCUT2D eigenvalue weighted by Crippen LogP contribution is 2.22. The predicted octanol–water partition coefficient (Wildman–Crippen LogP) is 1.23. The standard InChI is InChI=1S/C15H21N3O6/c1-2-22-12(19)15(11-16,23-13(20)17-7-3-4-8-17)24-14(21)18-9-5-6-10-18/h2-10H2,1H3. The molecule has 0 radical (unpaired) electrons. The van der Waals surface area contributed by atoms with Crippen molar-refractivity contribution in [3.05, 3.63) is 0 Å². The summed E-state index contributed by atoms with van der Waals surface area (Å²) in [6.07, 6.45) is 1.47. The summed E-state index contributed by atoms with van der Waals surface area (Å²) >= 11 is 0. The lowest BCUT2D eigenvalue weighted by molar-refractivity contribution is -0.194. The first kappa shape index (κ1) is 17.8. The Kier molecular flexibility index (Phi) is 5.84. The fourth-order valence-electron chi connectivity index (χ4n) is 2.60. The molecule has 9 nitrogen and oxygen atoms in total. The zero-order valence-corrected chi connectivity index (χ0v) is 13.7. The molecule has 0 aromatic rings. The van der Waals surface area contributed by atoms with Crippen molar-refractivity contribution < 1.29 is 28.6 Å². The molecule has 2 saturated heterocycles. The van der Waals surface area contributed by atoms with Crippen LogP contribution in [0.15, 0.2) is 0 Å². The van der Waals surface area contributed by atoms with E-state index in [0.717, 1.165) is 25.7 Å². The Morgan fingerprint density at radius 1 is 0.958 bits per heavy atom. The Morgan fingerprint density at radius 3 is 1.71 bits per heavy atom. The monoisotopic (exact) mass is 339 g/mol. The van der Waals surface area contributed by atoms with Crippen molar-refractivity contribution in [2.75, 3.05) is 32.8 Å². The van der Waals surface area contributed by atoms with Crippen molar-refractivity contribution >= 4 is 18.2 Å². The minimum atomic E-state index is -2.73. The summed E-state index contributed by atoms with van der Waals surface area (Å²) < 4.78 is 14.8. The van der Waals surface area contributed by atoms with E-state index in [1.165, 1.54) is 22.8 Å². The molecule has 2 rings (SSSR count). The first-order valence-electron chi connectivity index (χ1n) is 8.06.